The number of ketones is 1. The summed E-state index contributed by atoms with van der Waals surface area (Å²) in [6.07, 6.45) is 3.62. The number of carbonyl (C=O) groups is 1. The lowest BCUT2D eigenvalue weighted by molar-refractivity contribution is 0.102. The molecule has 0 bridgehead atoms. The van der Waals surface area contributed by atoms with Crippen LogP contribution in [0.25, 0.3) is 6.08 Å². The monoisotopic (exact) mass is 248 g/mol. The zero-order valence-corrected chi connectivity index (χ0v) is 9.98. The predicted octanol–water partition coefficient (Wildman–Crippen LogP) is 2.81. The van der Waals surface area contributed by atoms with Crippen molar-refractivity contribution in [1.82, 2.24) is 9.59 Å². The zero-order valence-electron chi connectivity index (χ0n) is 8.34. The third kappa shape index (κ3) is 1.62. The Bertz CT molecular complexity index is 554. The third-order valence-electron chi connectivity index (χ3n) is 2.60. The van der Waals surface area contributed by atoms with Crippen molar-refractivity contribution in [2.45, 2.75) is 12.8 Å². The molecule has 0 saturated heterocycles. The number of thiophene rings is 1. The molecule has 0 N–H and O–H groups in total. The molecule has 16 heavy (non-hydrogen) atoms. The molecule has 3 rings (SSSR count). The zero-order chi connectivity index (χ0) is 11.0. The van der Waals surface area contributed by atoms with E-state index in [9.17, 15) is 4.79 Å². The first-order valence-electron chi connectivity index (χ1n) is 4.93. The topological polar surface area (TPSA) is 42.9 Å². The van der Waals surface area contributed by atoms with Gasteiger partial charge in [-0.1, -0.05) is 4.49 Å². The highest BCUT2D eigenvalue weighted by molar-refractivity contribution is 7.10. The van der Waals surface area contributed by atoms with Crippen LogP contribution in [0.4, 0.5) is 0 Å². The van der Waals surface area contributed by atoms with Gasteiger partial charge in [0, 0.05) is 21.4 Å². The first kappa shape index (κ1) is 9.86. The molecule has 0 atom stereocenters. The fourth-order valence-corrected chi connectivity index (χ4v) is 3.11. The number of hydrogen-bond acceptors (Lipinski definition) is 5. The van der Waals surface area contributed by atoms with Crippen molar-refractivity contribution in [3.05, 3.63) is 38.5 Å². The van der Waals surface area contributed by atoms with E-state index >= 15 is 0 Å². The van der Waals surface area contributed by atoms with Gasteiger partial charge in [-0.25, -0.2) is 0 Å². The van der Waals surface area contributed by atoms with Crippen LogP contribution in [0, 0.1) is 0 Å². The first-order chi connectivity index (χ1) is 7.84. The predicted molar refractivity (Wildman–Crippen MR) is 64.9 cm³/mol. The lowest BCUT2D eigenvalue weighted by atomic mass is 9.92. The van der Waals surface area contributed by atoms with Gasteiger partial charge in [0.1, 0.15) is 0 Å². The number of nitrogens with zero attached hydrogens (tertiary/aromatic N) is 2. The van der Waals surface area contributed by atoms with Gasteiger partial charge < -0.3 is 0 Å². The Balaban J connectivity index is 1.99. The standard InChI is InChI=1S/C11H8N2OS2/c14-11-7(5-8-6-16-13-12-8)1-2-10-9(11)3-4-15-10/h3-6H,1-2H2. The number of aryl methyl sites for hydroxylation is 1. The Morgan fingerprint density at radius 3 is 3.12 bits per heavy atom. The molecule has 3 nitrogen and oxygen atoms in total. The average Bonchev–Trinajstić information content (AvgIpc) is 2.93. The molecule has 0 amide bonds. The van der Waals surface area contributed by atoms with E-state index in [-0.39, 0.29) is 5.78 Å². The summed E-state index contributed by atoms with van der Waals surface area (Å²) < 4.78 is 3.78. The average molecular weight is 248 g/mol. The molecule has 2 aromatic rings. The highest BCUT2D eigenvalue weighted by Gasteiger charge is 2.22. The summed E-state index contributed by atoms with van der Waals surface area (Å²) in [6.45, 7) is 0. The van der Waals surface area contributed by atoms with Crippen LogP contribution in [0.2, 0.25) is 0 Å². The van der Waals surface area contributed by atoms with Gasteiger partial charge in [-0.15, -0.1) is 16.4 Å². The summed E-state index contributed by atoms with van der Waals surface area (Å²) in [7, 11) is 0. The molecule has 0 spiro atoms. The Labute approximate surface area is 101 Å². The number of aromatic nitrogens is 2. The van der Waals surface area contributed by atoms with Crippen LogP contribution in [0.5, 0.6) is 0 Å². The summed E-state index contributed by atoms with van der Waals surface area (Å²) in [5.41, 5.74) is 2.50. The summed E-state index contributed by atoms with van der Waals surface area (Å²) in [5, 5.41) is 7.76. The second-order valence-electron chi connectivity index (χ2n) is 3.59. The van der Waals surface area contributed by atoms with Gasteiger partial charge in [-0.05, 0) is 41.9 Å². The quantitative estimate of drug-likeness (QED) is 0.729. The van der Waals surface area contributed by atoms with Crippen molar-refractivity contribution < 1.29 is 4.79 Å². The van der Waals surface area contributed by atoms with Crippen molar-refractivity contribution in [3.63, 3.8) is 0 Å². The molecule has 80 valence electrons. The molecule has 0 fully saturated rings. The largest absolute Gasteiger partial charge is 0.289 e. The van der Waals surface area contributed by atoms with Gasteiger partial charge in [0.15, 0.2) is 5.78 Å². The summed E-state index contributed by atoms with van der Waals surface area (Å²) in [5.74, 6) is 0.149. The maximum absolute atomic E-state index is 12.1. The fourth-order valence-electron chi connectivity index (χ4n) is 1.82. The van der Waals surface area contributed by atoms with E-state index in [1.165, 1.54) is 16.4 Å². The van der Waals surface area contributed by atoms with Gasteiger partial charge in [-0.2, -0.15) is 0 Å². The van der Waals surface area contributed by atoms with Crippen molar-refractivity contribution in [2.24, 2.45) is 0 Å². The van der Waals surface area contributed by atoms with Crippen LogP contribution in [0.1, 0.15) is 27.3 Å². The molecule has 0 radical (unpaired) electrons. The maximum atomic E-state index is 12.1. The molecule has 2 aromatic heterocycles. The minimum atomic E-state index is 0.149. The van der Waals surface area contributed by atoms with Gasteiger partial charge in [0.2, 0.25) is 0 Å². The van der Waals surface area contributed by atoms with Gasteiger partial charge in [0.05, 0.1) is 5.69 Å². The lowest BCUT2D eigenvalue weighted by Gasteiger charge is -2.12. The Hall–Kier alpha value is -1.33. The lowest BCUT2D eigenvalue weighted by Crippen LogP contribution is -2.11. The van der Waals surface area contributed by atoms with Crippen LogP contribution in [-0.2, 0) is 6.42 Å². The second kappa shape index (κ2) is 3.92. The number of allylic oxidation sites excluding steroid dienone is 1. The maximum Gasteiger partial charge on any atom is 0.190 e. The Kier molecular flexibility index (Phi) is 2.41. The van der Waals surface area contributed by atoms with E-state index in [1.807, 2.05) is 22.9 Å². The van der Waals surface area contributed by atoms with Crippen molar-refractivity contribution in [3.8, 4) is 0 Å². The number of hydrogen-bond donors (Lipinski definition) is 0. The molecule has 2 heterocycles. The Morgan fingerprint density at radius 2 is 2.31 bits per heavy atom. The number of carbonyl (C=O) groups excluding carboxylic acids is 1. The number of Topliss-reactive ketones (excluding diaryl/α,β-unsaturated/α-hetero) is 1. The summed E-state index contributed by atoms with van der Waals surface area (Å²) in [6, 6.07) is 1.91. The minimum absolute atomic E-state index is 0.149. The SMILES string of the molecule is O=C1C(=Cc2csnn2)CCc2sccc21. The third-order valence-corrected chi connectivity index (χ3v) is 4.11. The second-order valence-corrected chi connectivity index (χ2v) is 5.20. The van der Waals surface area contributed by atoms with Crippen LogP contribution in [0.3, 0.4) is 0 Å². The summed E-state index contributed by atoms with van der Waals surface area (Å²) >= 11 is 2.97. The minimum Gasteiger partial charge on any atom is -0.289 e. The molecule has 0 aromatic carbocycles. The van der Waals surface area contributed by atoms with Crippen molar-refractivity contribution in [2.75, 3.05) is 0 Å². The molecular weight excluding hydrogens is 240 g/mol. The molecule has 5 heteroatoms. The van der Waals surface area contributed by atoms with Gasteiger partial charge in [-0.3, -0.25) is 4.79 Å². The van der Waals surface area contributed by atoms with Gasteiger partial charge >= 0.3 is 0 Å². The molecule has 1 aliphatic rings. The van der Waals surface area contributed by atoms with E-state index in [0.29, 0.717) is 0 Å². The van der Waals surface area contributed by atoms with E-state index < -0.39 is 0 Å². The van der Waals surface area contributed by atoms with Crippen LogP contribution < -0.4 is 0 Å². The van der Waals surface area contributed by atoms with E-state index in [2.05, 4.69) is 9.59 Å². The van der Waals surface area contributed by atoms with Crippen LogP contribution in [-0.4, -0.2) is 15.4 Å². The van der Waals surface area contributed by atoms with Gasteiger partial charge in [0.25, 0.3) is 0 Å². The highest BCUT2D eigenvalue weighted by atomic mass is 32.1. The molecule has 1 aliphatic carbocycles. The number of fused-ring (bicyclic) bond motifs is 1. The molecule has 0 aliphatic heterocycles. The van der Waals surface area contributed by atoms with E-state index in [4.69, 9.17) is 0 Å². The highest BCUT2D eigenvalue weighted by Crippen LogP contribution is 2.29. The van der Waals surface area contributed by atoms with Crippen molar-refractivity contribution in [1.29, 1.82) is 0 Å². The Morgan fingerprint density at radius 1 is 1.38 bits per heavy atom. The number of rotatable bonds is 1. The smallest absolute Gasteiger partial charge is 0.190 e. The molecule has 0 saturated carbocycles. The van der Waals surface area contributed by atoms with E-state index in [0.717, 1.165) is 29.7 Å². The summed E-state index contributed by atoms with van der Waals surface area (Å²) in [4.78, 5) is 13.3. The van der Waals surface area contributed by atoms with Crippen LogP contribution >= 0.6 is 22.9 Å². The van der Waals surface area contributed by atoms with Crippen LogP contribution in [0.15, 0.2) is 22.4 Å². The first-order valence-corrected chi connectivity index (χ1v) is 6.65. The fraction of sp³-hybridized carbons (Fsp3) is 0.182. The van der Waals surface area contributed by atoms with E-state index in [1.54, 1.807) is 11.3 Å². The molecular formula is C11H8N2OS2. The van der Waals surface area contributed by atoms with Crippen molar-refractivity contribution >= 4 is 34.7 Å². The normalized spacial score (nSPS) is 17.8. The molecule has 0 unspecified atom stereocenters.